The van der Waals surface area contributed by atoms with E-state index >= 15 is 0 Å². The van der Waals surface area contributed by atoms with Gasteiger partial charge in [-0.2, -0.15) is 0 Å². The van der Waals surface area contributed by atoms with Gasteiger partial charge in [0, 0.05) is 6.42 Å². The van der Waals surface area contributed by atoms with Crippen LogP contribution >= 0.6 is 0 Å². The van der Waals surface area contributed by atoms with E-state index in [4.69, 9.17) is 0 Å². The Morgan fingerprint density at radius 3 is 2.33 bits per heavy atom. The number of hydrogen-bond acceptors (Lipinski definition) is 2. The highest BCUT2D eigenvalue weighted by Crippen LogP contribution is 2.16. The second kappa shape index (κ2) is 9.37. The highest BCUT2D eigenvalue weighted by Gasteiger charge is 2.26. The first kappa shape index (κ1) is 15.5. The van der Waals surface area contributed by atoms with Crippen LogP contribution in [-0.4, -0.2) is 23.2 Å². The molecule has 0 aromatic rings. The van der Waals surface area contributed by atoms with Crippen molar-refractivity contribution in [2.75, 3.05) is 0 Å². The maximum absolute atomic E-state index is 11.0. The van der Waals surface area contributed by atoms with Crippen molar-refractivity contribution < 1.29 is 9.90 Å². The summed E-state index contributed by atoms with van der Waals surface area (Å²) in [5, 5.41) is 12.8. The van der Waals surface area contributed by atoms with Crippen LogP contribution < -0.4 is 5.32 Å². The van der Waals surface area contributed by atoms with Gasteiger partial charge in [0.25, 0.3) is 0 Å². The van der Waals surface area contributed by atoms with E-state index in [0.717, 1.165) is 19.3 Å². The van der Waals surface area contributed by atoms with E-state index in [1.54, 1.807) is 0 Å². The highest BCUT2D eigenvalue weighted by atomic mass is 16.3. The number of aliphatic hydroxyl groups excluding tert-OH is 1. The number of unbranched alkanes of at least 4 members (excludes halogenated alkanes) is 7. The molecule has 1 heterocycles. The van der Waals surface area contributed by atoms with Gasteiger partial charge in [-0.3, -0.25) is 4.79 Å². The van der Waals surface area contributed by atoms with Gasteiger partial charge in [-0.25, -0.2) is 0 Å². The van der Waals surface area contributed by atoms with Gasteiger partial charge in [-0.1, -0.05) is 58.3 Å². The van der Waals surface area contributed by atoms with Crippen LogP contribution in [0.25, 0.3) is 0 Å². The average Bonchev–Trinajstić information content (AvgIpc) is 2.79. The summed E-state index contributed by atoms with van der Waals surface area (Å²) in [5.41, 5.74) is 0. The first-order valence-corrected chi connectivity index (χ1v) is 7.71. The molecule has 2 atom stereocenters. The summed E-state index contributed by atoms with van der Waals surface area (Å²) in [6.45, 7) is 2.24. The Hall–Kier alpha value is -0.570. The minimum atomic E-state index is -0.337. The summed E-state index contributed by atoms with van der Waals surface area (Å²) in [4.78, 5) is 11.0. The first-order valence-electron chi connectivity index (χ1n) is 7.71. The van der Waals surface area contributed by atoms with Gasteiger partial charge in [0.15, 0.2) is 0 Å². The predicted octanol–water partition coefficient (Wildman–Crippen LogP) is 3.16. The molecule has 3 heteroatoms. The van der Waals surface area contributed by atoms with E-state index in [-0.39, 0.29) is 18.1 Å². The Bertz CT molecular complexity index is 231. The van der Waals surface area contributed by atoms with Crippen LogP contribution in [0, 0.1) is 0 Å². The van der Waals surface area contributed by atoms with Crippen LogP contribution in [0.4, 0.5) is 0 Å². The molecule has 1 fully saturated rings. The molecule has 18 heavy (non-hydrogen) atoms. The number of rotatable bonds is 10. The molecule has 1 aliphatic heterocycles. The van der Waals surface area contributed by atoms with E-state index in [0.29, 0.717) is 6.42 Å². The van der Waals surface area contributed by atoms with Crippen molar-refractivity contribution in [1.29, 1.82) is 0 Å². The Morgan fingerprint density at radius 2 is 1.78 bits per heavy atom. The van der Waals surface area contributed by atoms with Crippen molar-refractivity contribution in [2.24, 2.45) is 0 Å². The Labute approximate surface area is 111 Å². The summed E-state index contributed by atoms with van der Waals surface area (Å²) in [7, 11) is 0. The van der Waals surface area contributed by atoms with E-state index in [9.17, 15) is 9.90 Å². The molecule has 2 N–H and O–H groups in total. The van der Waals surface area contributed by atoms with E-state index in [2.05, 4.69) is 12.2 Å². The number of hydrogen-bond donors (Lipinski definition) is 2. The SMILES string of the molecule is CCCCCCCCCC[C@@H](O)[C@H]1CCC(=O)N1. The Balaban J connectivity index is 1.89. The molecule has 1 rings (SSSR count). The molecule has 1 saturated heterocycles. The largest absolute Gasteiger partial charge is 0.391 e. The van der Waals surface area contributed by atoms with Gasteiger partial charge in [0.1, 0.15) is 0 Å². The summed E-state index contributed by atoms with van der Waals surface area (Å²) in [6, 6.07) is 0.0158. The lowest BCUT2D eigenvalue weighted by Crippen LogP contribution is -2.36. The quantitative estimate of drug-likeness (QED) is 0.589. The fraction of sp³-hybridized carbons (Fsp3) is 0.933. The standard InChI is InChI=1S/C15H29NO2/c1-2-3-4-5-6-7-8-9-10-14(17)13-11-12-15(18)16-13/h13-14,17H,2-12H2,1H3,(H,16,18)/t13-,14-/m1/s1. The third-order valence-corrected chi connectivity index (χ3v) is 3.85. The number of nitrogens with one attached hydrogen (secondary N) is 1. The second-order valence-electron chi connectivity index (χ2n) is 5.54. The molecular formula is C15H29NO2. The molecular weight excluding hydrogens is 226 g/mol. The van der Waals surface area contributed by atoms with Crippen molar-refractivity contribution in [3.05, 3.63) is 0 Å². The van der Waals surface area contributed by atoms with E-state index < -0.39 is 0 Å². The number of aliphatic hydroxyl groups is 1. The van der Waals surface area contributed by atoms with Crippen molar-refractivity contribution in [3.8, 4) is 0 Å². The zero-order valence-electron chi connectivity index (χ0n) is 11.8. The number of amides is 1. The molecule has 0 radical (unpaired) electrons. The number of carbonyl (C=O) groups is 1. The molecule has 0 aliphatic carbocycles. The minimum Gasteiger partial charge on any atom is -0.391 e. The van der Waals surface area contributed by atoms with Crippen LogP contribution in [0.2, 0.25) is 0 Å². The maximum Gasteiger partial charge on any atom is 0.220 e. The molecule has 0 aromatic heterocycles. The molecule has 0 aromatic carbocycles. The highest BCUT2D eigenvalue weighted by molar-refractivity contribution is 5.78. The lowest BCUT2D eigenvalue weighted by Gasteiger charge is -2.17. The molecule has 1 aliphatic rings. The van der Waals surface area contributed by atoms with Gasteiger partial charge >= 0.3 is 0 Å². The monoisotopic (exact) mass is 255 g/mol. The first-order chi connectivity index (χ1) is 8.74. The van der Waals surface area contributed by atoms with Crippen LogP contribution in [0.15, 0.2) is 0 Å². The lowest BCUT2D eigenvalue weighted by molar-refractivity contribution is -0.119. The normalized spacial score (nSPS) is 21.0. The summed E-state index contributed by atoms with van der Waals surface area (Å²) < 4.78 is 0. The zero-order valence-corrected chi connectivity index (χ0v) is 11.8. The topological polar surface area (TPSA) is 49.3 Å². The lowest BCUT2D eigenvalue weighted by atomic mass is 10.0. The molecule has 0 spiro atoms. The average molecular weight is 255 g/mol. The Kier molecular flexibility index (Phi) is 8.06. The van der Waals surface area contributed by atoms with Crippen molar-refractivity contribution in [3.63, 3.8) is 0 Å². The van der Waals surface area contributed by atoms with Gasteiger partial charge < -0.3 is 10.4 Å². The van der Waals surface area contributed by atoms with Crippen LogP contribution in [0.5, 0.6) is 0 Å². The summed E-state index contributed by atoms with van der Waals surface area (Å²) in [6.07, 6.45) is 12.2. The fourth-order valence-electron chi connectivity index (χ4n) is 2.61. The summed E-state index contributed by atoms with van der Waals surface area (Å²) >= 11 is 0. The molecule has 1 amide bonds. The predicted molar refractivity (Wildman–Crippen MR) is 74.4 cm³/mol. The third kappa shape index (κ3) is 6.39. The molecule has 106 valence electrons. The Morgan fingerprint density at radius 1 is 1.17 bits per heavy atom. The second-order valence-corrected chi connectivity index (χ2v) is 5.54. The van der Waals surface area contributed by atoms with Gasteiger partial charge in [0.05, 0.1) is 12.1 Å². The minimum absolute atomic E-state index is 0.0158. The van der Waals surface area contributed by atoms with Crippen molar-refractivity contribution in [1.82, 2.24) is 5.32 Å². The van der Waals surface area contributed by atoms with Gasteiger partial charge in [-0.15, -0.1) is 0 Å². The van der Waals surface area contributed by atoms with Crippen LogP contribution in [0.1, 0.15) is 77.6 Å². The van der Waals surface area contributed by atoms with E-state index in [1.807, 2.05) is 0 Å². The van der Waals surface area contributed by atoms with Crippen LogP contribution in [0.3, 0.4) is 0 Å². The molecule has 3 nitrogen and oxygen atoms in total. The maximum atomic E-state index is 11.0. The molecule has 0 unspecified atom stereocenters. The molecule has 0 saturated carbocycles. The van der Waals surface area contributed by atoms with E-state index in [1.165, 1.54) is 44.9 Å². The van der Waals surface area contributed by atoms with Crippen molar-refractivity contribution >= 4 is 5.91 Å². The van der Waals surface area contributed by atoms with Crippen molar-refractivity contribution in [2.45, 2.75) is 89.7 Å². The van der Waals surface area contributed by atoms with Gasteiger partial charge in [-0.05, 0) is 12.8 Å². The van der Waals surface area contributed by atoms with Gasteiger partial charge in [0.2, 0.25) is 5.91 Å². The zero-order chi connectivity index (χ0) is 13.2. The summed E-state index contributed by atoms with van der Waals surface area (Å²) in [5.74, 6) is 0.0926. The molecule has 0 bridgehead atoms. The fourth-order valence-corrected chi connectivity index (χ4v) is 2.61. The van der Waals surface area contributed by atoms with Crippen LogP contribution in [-0.2, 0) is 4.79 Å². The smallest absolute Gasteiger partial charge is 0.220 e. The number of carbonyl (C=O) groups excluding carboxylic acids is 1. The third-order valence-electron chi connectivity index (χ3n) is 3.85.